The quantitative estimate of drug-likeness (QED) is 0.543. The van der Waals surface area contributed by atoms with Crippen molar-refractivity contribution < 1.29 is 39.4 Å². The molecule has 152 valence electrons. The third kappa shape index (κ3) is 3.74. The Morgan fingerprint density at radius 2 is 1.19 bits per heavy atom. The number of hydrogen-bond donors (Lipinski definition) is 4. The lowest BCUT2D eigenvalue weighted by Gasteiger charge is -2.45. The zero-order valence-electron chi connectivity index (χ0n) is 15.3. The van der Waals surface area contributed by atoms with Crippen molar-refractivity contribution in [2.24, 2.45) is 0 Å². The zero-order chi connectivity index (χ0) is 19.1. The molecule has 0 aromatic heterocycles. The Morgan fingerprint density at radius 1 is 0.704 bits per heavy atom. The standard InChI is InChI=1S/C19H28O8/c20-14-12(15(21)25-18(24-14)7-3-1-4-8-18)11-13-16(22)26-19(27-17(13)23)9-5-2-6-10-19/h11,14-16,20-23H,1-10H2. The summed E-state index contributed by atoms with van der Waals surface area (Å²) >= 11 is 0. The van der Waals surface area contributed by atoms with Crippen LogP contribution < -0.4 is 0 Å². The predicted molar refractivity (Wildman–Crippen MR) is 91.7 cm³/mol. The topological polar surface area (TPSA) is 118 Å². The molecular weight excluding hydrogens is 356 g/mol. The molecule has 0 aromatic rings. The molecule has 0 bridgehead atoms. The van der Waals surface area contributed by atoms with Crippen molar-refractivity contribution in [2.45, 2.75) is 94.7 Å². The highest BCUT2D eigenvalue weighted by Crippen LogP contribution is 2.42. The van der Waals surface area contributed by atoms with E-state index in [1.165, 1.54) is 6.08 Å². The summed E-state index contributed by atoms with van der Waals surface area (Å²) in [5.41, 5.74) is -0.0929. The van der Waals surface area contributed by atoms with Crippen molar-refractivity contribution in [3.05, 3.63) is 23.2 Å². The molecule has 8 heteroatoms. The maximum absolute atomic E-state index is 10.4. The summed E-state index contributed by atoms with van der Waals surface area (Å²) < 4.78 is 22.5. The molecule has 0 aromatic carbocycles. The minimum atomic E-state index is -1.44. The lowest BCUT2D eigenvalue weighted by Crippen LogP contribution is -2.51. The molecule has 2 heterocycles. The third-order valence-electron chi connectivity index (χ3n) is 5.90. The monoisotopic (exact) mass is 384 g/mol. The second-order valence-electron chi connectivity index (χ2n) is 7.86. The fraction of sp³-hybridized carbons (Fsp3) is 0.789. The van der Waals surface area contributed by atoms with Gasteiger partial charge >= 0.3 is 0 Å². The Hall–Kier alpha value is -1.16. The summed E-state index contributed by atoms with van der Waals surface area (Å²) in [5, 5.41) is 41.5. The minimum absolute atomic E-state index is 0.0152. The van der Waals surface area contributed by atoms with Crippen LogP contribution in [0.5, 0.6) is 0 Å². The average molecular weight is 384 g/mol. The highest BCUT2D eigenvalue weighted by molar-refractivity contribution is 5.30. The van der Waals surface area contributed by atoms with Crippen molar-refractivity contribution in [3.63, 3.8) is 0 Å². The van der Waals surface area contributed by atoms with Crippen molar-refractivity contribution in [1.29, 1.82) is 0 Å². The van der Waals surface area contributed by atoms with Gasteiger partial charge in [0.05, 0.1) is 5.57 Å². The Morgan fingerprint density at radius 3 is 1.70 bits per heavy atom. The molecule has 2 saturated carbocycles. The molecule has 3 unspecified atom stereocenters. The molecule has 4 rings (SSSR count). The van der Waals surface area contributed by atoms with Crippen molar-refractivity contribution >= 4 is 0 Å². The van der Waals surface area contributed by atoms with E-state index in [1.807, 2.05) is 0 Å². The summed E-state index contributed by atoms with van der Waals surface area (Å²) in [4.78, 5) is 0. The van der Waals surface area contributed by atoms with Gasteiger partial charge in [0.25, 0.3) is 5.95 Å². The van der Waals surface area contributed by atoms with Crippen LogP contribution >= 0.6 is 0 Å². The van der Waals surface area contributed by atoms with Crippen LogP contribution in [0, 0.1) is 0 Å². The van der Waals surface area contributed by atoms with Crippen LogP contribution in [0.25, 0.3) is 0 Å². The molecule has 8 nitrogen and oxygen atoms in total. The van der Waals surface area contributed by atoms with Gasteiger partial charge in [0.15, 0.2) is 24.7 Å². The molecule has 1 saturated heterocycles. The number of hydrogen-bond acceptors (Lipinski definition) is 8. The maximum atomic E-state index is 10.4. The lowest BCUT2D eigenvalue weighted by molar-refractivity contribution is -0.370. The maximum Gasteiger partial charge on any atom is 0.287 e. The molecule has 0 radical (unpaired) electrons. The molecular formula is C19H28O8. The van der Waals surface area contributed by atoms with E-state index in [-0.39, 0.29) is 11.1 Å². The molecule has 2 aliphatic heterocycles. The van der Waals surface area contributed by atoms with Crippen LogP contribution in [0.1, 0.15) is 64.2 Å². The van der Waals surface area contributed by atoms with Crippen LogP contribution in [0.2, 0.25) is 0 Å². The van der Waals surface area contributed by atoms with E-state index >= 15 is 0 Å². The normalized spacial score (nSPS) is 36.0. The Kier molecular flexibility index (Phi) is 5.22. The predicted octanol–water partition coefficient (Wildman–Crippen LogP) is 2.05. The first-order chi connectivity index (χ1) is 12.9. The Bertz CT molecular complexity index is 599. The van der Waals surface area contributed by atoms with Gasteiger partial charge in [-0.15, -0.1) is 0 Å². The lowest BCUT2D eigenvalue weighted by atomic mass is 9.92. The molecule has 0 amide bonds. The summed E-state index contributed by atoms with van der Waals surface area (Å²) in [5.74, 6) is -2.48. The molecule has 27 heavy (non-hydrogen) atoms. The molecule has 3 fully saturated rings. The van der Waals surface area contributed by atoms with Gasteiger partial charge in [-0.1, -0.05) is 12.8 Å². The second-order valence-corrected chi connectivity index (χ2v) is 7.86. The molecule has 2 spiro atoms. The largest absolute Gasteiger partial charge is 0.481 e. The number of ether oxygens (including phenoxy) is 4. The molecule has 3 atom stereocenters. The van der Waals surface area contributed by atoms with E-state index < -0.39 is 36.4 Å². The van der Waals surface area contributed by atoms with Crippen LogP contribution in [-0.4, -0.2) is 50.9 Å². The molecule has 4 aliphatic rings. The SMILES string of the molecule is OC1=C(C=C2C(O)OC3(CCCCC3)OC2O)C(O)OC2(CCCCC2)O1. The van der Waals surface area contributed by atoms with E-state index in [0.29, 0.717) is 25.7 Å². The van der Waals surface area contributed by atoms with E-state index in [4.69, 9.17) is 18.9 Å². The van der Waals surface area contributed by atoms with Crippen LogP contribution in [0.15, 0.2) is 23.2 Å². The van der Waals surface area contributed by atoms with Gasteiger partial charge < -0.3 is 39.4 Å². The van der Waals surface area contributed by atoms with Gasteiger partial charge in [-0.25, -0.2) is 0 Å². The summed E-state index contributed by atoms with van der Waals surface area (Å²) in [6.07, 6.45) is 5.00. The fourth-order valence-corrected chi connectivity index (χ4v) is 4.42. The third-order valence-corrected chi connectivity index (χ3v) is 5.90. The van der Waals surface area contributed by atoms with E-state index in [2.05, 4.69) is 0 Å². The van der Waals surface area contributed by atoms with Crippen molar-refractivity contribution in [1.82, 2.24) is 0 Å². The van der Waals surface area contributed by atoms with Crippen LogP contribution in [0.3, 0.4) is 0 Å². The Labute approximate surface area is 158 Å². The average Bonchev–Trinajstić information content (AvgIpc) is 2.61. The number of rotatable bonds is 1. The van der Waals surface area contributed by atoms with Crippen LogP contribution in [0.4, 0.5) is 0 Å². The second kappa shape index (κ2) is 7.35. The zero-order valence-corrected chi connectivity index (χ0v) is 15.3. The Balaban J connectivity index is 1.54. The van der Waals surface area contributed by atoms with Gasteiger partial charge in [-0.3, -0.25) is 0 Å². The van der Waals surface area contributed by atoms with E-state index in [0.717, 1.165) is 38.5 Å². The number of aliphatic hydroxyl groups excluding tert-OH is 4. The highest BCUT2D eigenvalue weighted by Gasteiger charge is 2.47. The van der Waals surface area contributed by atoms with E-state index in [1.54, 1.807) is 0 Å². The first-order valence-electron chi connectivity index (χ1n) is 9.83. The van der Waals surface area contributed by atoms with Gasteiger partial charge in [-0.05, 0) is 31.8 Å². The van der Waals surface area contributed by atoms with Gasteiger partial charge in [0.2, 0.25) is 5.79 Å². The fourth-order valence-electron chi connectivity index (χ4n) is 4.42. The van der Waals surface area contributed by atoms with Crippen molar-refractivity contribution in [3.8, 4) is 0 Å². The molecule has 4 N–H and O–H groups in total. The van der Waals surface area contributed by atoms with Gasteiger partial charge in [0, 0.05) is 31.3 Å². The summed E-state index contributed by atoms with van der Waals surface area (Å²) in [7, 11) is 0. The first-order valence-corrected chi connectivity index (χ1v) is 9.83. The smallest absolute Gasteiger partial charge is 0.287 e. The van der Waals surface area contributed by atoms with Crippen molar-refractivity contribution in [2.75, 3.05) is 0 Å². The van der Waals surface area contributed by atoms with Gasteiger partial charge in [-0.2, -0.15) is 0 Å². The first kappa shape index (κ1) is 19.2. The summed E-state index contributed by atoms with van der Waals surface area (Å²) in [6, 6.07) is 0. The van der Waals surface area contributed by atoms with Crippen LogP contribution in [-0.2, 0) is 18.9 Å². The minimum Gasteiger partial charge on any atom is -0.481 e. The number of aliphatic hydroxyl groups is 4. The van der Waals surface area contributed by atoms with Gasteiger partial charge in [0.1, 0.15) is 0 Å². The molecule has 2 aliphatic carbocycles. The highest BCUT2D eigenvalue weighted by atomic mass is 16.8. The summed E-state index contributed by atoms with van der Waals surface area (Å²) in [6.45, 7) is 0. The van der Waals surface area contributed by atoms with E-state index in [9.17, 15) is 20.4 Å².